The first-order chi connectivity index (χ1) is 27.6. The molecule has 57 heavy (non-hydrogen) atoms. The highest BCUT2D eigenvalue weighted by atomic mass is 16.6. The molecule has 2 atom stereocenters. The molecule has 0 aromatic rings. The average Bonchev–Trinajstić information content (AvgIpc) is 3.17. The van der Waals surface area contributed by atoms with E-state index in [4.69, 9.17) is 14.2 Å². The van der Waals surface area contributed by atoms with Gasteiger partial charge >= 0.3 is 11.9 Å². The predicted molar refractivity (Wildman–Crippen MR) is 236 cm³/mol. The topological polar surface area (TPSA) is 102 Å². The Kier molecular flexibility index (Phi) is 37.8. The fourth-order valence-corrected chi connectivity index (χ4v) is 6.31. The maximum Gasteiger partial charge on any atom is 0.306 e. The number of rotatable bonds is 40. The Bertz CT molecular complexity index is 1120. The van der Waals surface area contributed by atoms with Gasteiger partial charge in [-0.2, -0.15) is 0 Å². The van der Waals surface area contributed by atoms with Crippen molar-refractivity contribution in [3.8, 4) is 0 Å². The number of quaternary nitrogens is 1. The minimum Gasteiger partial charge on any atom is -0.544 e. The van der Waals surface area contributed by atoms with E-state index in [1.54, 1.807) is 21.1 Å². The summed E-state index contributed by atoms with van der Waals surface area (Å²) in [6.07, 6.45) is 48.3. The fraction of sp³-hybridized carbons (Fsp3) is 0.735. The van der Waals surface area contributed by atoms with E-state index in [9.17, 15) is 19.5 Å². The fourth-order valence-electron chi connectivity index (χ4n) is 6.31. The number of carboxylic acids is 1. The van der Waals surface area contributed by atoms with Gasteiger partial charge in [0.1, 0.15) is 12.6 Å². The van der Waals surface area contributed by atoms with Gasteiger partial charge in [-0.05, 0) is 70.6 Å². The summed E-state index contributed by atoms with van der Waals surface area (Å²) in [5, 5.41) is 11.6. The van der Waals surface area contributed by atoms with Crippen molar-refractivity contribution >= 4 is 17.9 Å². The Morgan fingerprint density at radius 1 is 0.544 bits per heavy atom. The lowest BCUT2D eigenvalue weighted by molar-refractivity contribution is -0.889. The van der Waals surface area contributed by atoms with Crippen LogP contribution in [0.2, 0.25) is 0 Å². The molecule has 0 aromatic heterocycles. The quantitative estimate of drug-likeness (QED) is 0.0200. The number of allylic oxidation sites excluding steroid dienone is 10. The highest BCUT2D eigenvalue weighted by molar-refractivity contribution is 5.70. The first-order valence-corrected chi connectivity index (χ1v) is 22.8. The van der Waals surface area contributed by atoms with E-state index in [0.717, 1.165) is 51.4 Å². The van der Waals surface area contributed by atoms with Crippen molar-refractivity contribution in [3.63, 3.8) is 0 Å². The van der Waals surface area contributed by atoms with E-state index in [2.05, 4.69) is 74.6 Å². The third kappa shape index (κ3) is 38.3. The van der Waals surface area contributed by atoms with Gasteiger partial charge in [-0.3, -0.25) is 9.59 Å². The smallest absolute Gasteiger partial charge is 0.306 e. The van der Waals surface area contributed by atoms with Gasteiger partial charge in [0.25, 0.3) is 0 Å². The summed E-state index contributed by atoms with van der Waals surface area (Å²) in [5.74, 6) is -1.84. The molecule has 0 radical (unpaired) electrons. The Morgan fingerprint density at radius 3 is 1.53 bits per heavy atom. The zero-order chi connectivity index (χ0) is 42.1. The lowest BCUT2D eigenvalue weighted by atomic mass is 10.1. The lowest BCUT2D eigenvalue weighted by Crippen LogP contribution is -2.55. The molecule has 0 aliphatic rings. The summed E-state index contributed by atoms with van der Waals surface area (Å²) in [7, 11) is 5.38. The van der Waals surface area contributed by atoms with Crippen LogP contribution in [0.15, 0.2) is 60.8 Å². The second-order valence-corrected chi connectivity index (χ2v) is 16.3. The lowest BCUT2D eigenvalue weighted by Gasteiger charge is -2.34. The number of aliphatic carboxylic acids is 1. The molecular formula is C49H85NO7. The molecule has 0 saturated heterocycles. The van der Waals surface area contributed by atoms with Crippen molar-refractivity contribution in [2.24, 2.45) is 0 Å². The summed E-state index contributed by atoms with van der Waals surface area (Å²) < 4.78 is 17.1. The van der Waals surface area contributed by atoms with Crippen molar-refractivity contribution in [2.75, 3.05) is 41.0 Å². The number of carbonyl (C=O) groups excluding carboxylic acids is 3. The molecule has 0 aromatic carbocycles. The Labute approximate surface area is 349 Å². The number of carboxylic acid groups (broad SMARTS) is 1. The van der Waals surface area contributed by atoms with Gasteiger partial charge in [0.05, 0.1) is 40.3 Å². The molecule has 8 nitrogen and oxygen atoms in total. The summed E-state index contributed by atoms with van der Waals surface area (Å²) >= 11 is 0. The number of carbonyl (C=O) groups is 3. The van der Waals surface area contributed by atoms with Gasteiger partial charge in [-0.15, -0.1) is 0 Å². The largest absolute Gasteiger partial charge is 0.544 e. The number of hydrogen-bond donors (Lipinski definition) is 0. The molecule has 0 fully saturated rings. The van der Waals surface area contributed by atoms with Gasteiger partial charge in [-0.1, -0.05) is 152 Å². The Hall–Kier alpha value is -2.97. The van der Waals surface area contributed by atoms with Crippen molar-refractivity contribution in [3.05, 3.63) is 60.8 Å². The first-order valence-electron chi connectivity index (χ1n) is 22.8. The highest BCUT2D eigenvalue weighted by Gasteiger charge is 2.25. The van der Waals surface area contributed by atoms with E-state index >= 15 is 0 Å². The minimum absolute atomic E-state index is 0.0102. The highest BCUT2D eigenvalue weighted by Crippen LogP contribution is 2.12. The van der Waals surface area contributed by atoms with Crippen LogP contribution in [0.25, 0.3) is 0 Å². The molecule has 2 unspecified atom stereocenters. The molecular weight excluding hydrogens is 715 g/mol. The maximum atomic E-state index is 12.7. The number of nitrogens with zero attached hydrogens (tertiary/aromatic N) is 1. The number of likely N-dealkylation sites (N-methyl/N-ethyl adjacent to an activating group) is 1. The minimum atomic E-state index is -1.14. The molecule has 0 saturated carbocycles. The summed E-state index contributed by atoms with van der Waals surface area (Å²) in [6, 6.07) is -0.740. The van der Waals surface area contributed by atoms with Crippen molar-refractivity contribution in [2.45, 2.75) is 193 Å². The summed E-state index contributed by atoms with van der Waals surface area (Å²) in [4.78, 5) is 36.8. The number of ether oxygens (including phenoxy) is 3. The van der Waals surface area contributed by atoms with Crippen LogP contribution in [-0.2, 0) is 28.6 Å². The van der Waals surface area contributed by atoms with Crippen LogP contribution in [0.3, 0.4) is 0 Å². The van der Waals surface area contributed by atoms with Crippen LogP contribution < -0.4 is 5.11 Å². The maximum absolute atomic E-state index is 12.7. The van der Waals surface area contributed by atoms with Crippen molar-refractivity contribution in [1.29, 1.82) is 0 Å². The van der Waals surface area contributed by atoms with Crippen molar-refractivity contribution in [1.82, 2.24) is 0 Å². The molecule has 0 spiro atoms. The van der Waals surface area contributed by atoms with E-state index in [0.29, 0.717) is 12.8 Å². The van der Waals surface area contributed by atoms with E-state index in [-0.39, 0.29) is 49.1 Å². The molecule has 0 amide bonds. The van der Waals surface area contributed by atoms with Gasteiger partial charge < -0.3 is 28.6 Å². The van der Waals surface area contributed by atoms with Crippen LogP contribution in [0, 0.1) is 0 Å². The van der Waals surface area contributed by atoms with Crippen LogP contribution >= 0.6 is 0 Å². The number of unbranched alkanes of at least 4 members (excludes halogenated alkanes) is 17. The molecule has 0 bridgehead atoms. The van der Waals surface area contributed by atoms with Gasteiger partial charge in [0.15, 0.2) is 6.10 Å². The van der Waals surface area contributed by atoms with E-state index in [1.807, 2.05) is 0 Å². The Morgan fingerprint density at radius 2 is 1.00 bits per heavy atom. The first kappa shape index (κ1) is 54.0. The third-order valence-electron chi connectivity index (χ3n) is 9.90. The third-order valence-corrected chi connectivity index (χ3v) is 9.90. The number of esters is 2. The normalized spacial score (nSPS) is 13.5. The standard InChI is InChI=1S/C49H85NO7/c1-6-8-10-12-14-16-18-20-22-24-26-28-30-32-34-36-38-40-48(52)57-45(43-55-42-41-46(49(53)54)50(3,4)5)44-56-47(51)39-37-35-33-31-29-27-25-23-21-19-17-15-13-11-9-7-2/h20,22-23,25-29,32,34,45-46H,6-19,21,24,30-31,33,35-44H2,1-5H3/b22-20+,25-23+,28-26+,29-27+,34-32+. The average molecular weight is 800 g/mol. The molecule has 0 N–H and O–H groups in total. The number of hydrogen-bond acceptors (Lipinski definition) is 7. The summed E-state index contributed by atoms with van der Waals surface area (Å²) in [5.41, 5.74) is 0. The van der Waals surface area contributed by atoms with Crippen LogP contribution in [0.4, 0.5) is 0 Å². The van der Waals surface area contributed by atoms with Crippen molar-refractivity contribution < 1.29 is 38.2 Å². The van der Waals surface area contributed by atoms with Crippen LogP contribution in [0.5, 0.6) is 0 Å². The molecule has 0 rings (SSSR count). The van der Waals surface area contributed by atoms with Crippen LogP contribution in [0.1, 0.15) is 181 Å². The monoisotopic (exact) mass is 800 g/mol. The van der Waals surface area contributed by atoms with Gasteiger partial charge in [0.2, 0.25) is 0 Å². The second kappa shape index (κ2) is 39.8. The van der Waals surface area contributed by atoms with Crippen LogP contribution in [-0.4, -0.2) is 75.5 Å². The van der Waals surface area contributed by atoms with E-state index < -0.39 is 18.1 Å². The van der Waals surface area contributed by atoms with Gasteiger partial charge in [-0.25, -0.2) is 0 Å². The SMILES string of the molecule is CCCCCCCC/C=C/C/C=C/C/C=C/CCCC(=O)OC(COCCC(C(=O)[O-])[N+](C)(C)C)COC(=O)CCCCC/C=C/C=C/CCCCCCCCC. The Balaban J connectivity index is 4.47. The zero-order valence-corrected chi connectivity index (χ0v) is 37.2. The summed E-state index contributed by atoms with van der Waals surface area (Å²) in [6.45, 7) is 4.56. The van der Waals surface area contributed by atoms with E-state index in [1.165, 1.54) is 89.9 Å². The molecule has 8 heteroatoms. The molecule has 0 aliphatic carbocycles. The second-order valence-electron chi connectivity index (χ2n) is 16.3. The molecule has 0 heterocycles. The zero-order valence-electron chi connectivity index (χ0n) is 37.2. The predicted octanol–water partition coefficient (Wildman–Crippen LogP) is 11.2. The van der Waals surface area contributed by atoms with Gasteiger partial charge in [0, 0.05) is 19.3 Å². The molecule has 0 aliphatic heterocycles. The molecule has 328 valence electrons.